The van der Waals surface area contributed by atoms with E-state index in [-0.39, 0.29) is 30.5 Å². The number of amides is 1. The smallest absolute Gasteiger partial charge is 0.303 e. The fourth-order valence-corrected chi connectivity index (χ4v) is 6.19. The molecule has 1 aromatic rings. The number of oxazole rings is 1. The normalized spacial score (nSPS) is 27.2. The number of unbranched alkanes of at least 4 members (excludes halogenated alkanes) is 3. The molecule has 1 amide bonds. The molecular weight excluding hydrogens is 420 g/mol. The second kappa shape index (κ2) is 12.0. The van der Waals surface area contributed by atoms with Crippen molar-refractivity contribution in [2.45, 2.75) is 114 Å². The largest absolute Gasteiger partial charge is 0.481 e. The minimum Gasteiger partial charge on any atom is -0.481 e. The number of nitrogens with zero attached hydrogens (tertiary/aromatic N) is 1. The van der Waals surface area contributed by atoms with Gasteiger partial charge in [-0.1, -0.05) is 57.8 Å². The van der Waals surface area contributed by atoms with Gasteiger partial charge in [-0.25, -0.2) is 4.98 Å². The standard InChI is InChI=1S/C26H40N2O5/c29-23(30)13-6-2-5-12-19-21-14-15-22(33-21)24(19)26-28-20(17-32-26)25(31)27-16-8-7-11-18-9-3-1-4-10-18/h17-19,21-22,24H,1-16H2,(H,27,31)(H,29,30)/t19-,21-,22+,24-/m0/s1. The van der Waals surface area contributed by atoms with Gasteiger partial charge in [0.2, 0.25) is 5.89 Å². The highest BCUT2D eigenvalue weighted by Gasteiger charge is 2.51. The summed E-state index contributed by atoms with van der Waals surface area (Å²) in [5, 5.41) is 11.8. The molecular formula is C26H40N2O5. The maximum Gasteiger partial charge on any atom is 0.303 e. The lowest BCUT2D eigenvalue weighted by Gasteiger charge is -2.25. The lowest BCUT2D eigenvalue weighted by molar-refractivity contribution is -0.137. The summed E-state index contributed by atoms with van der Waals surface area (Å²) >= 11 is 0. The van der Waals surface area contributed by atoms with Crippen molar-refractivity contribution in [2.24, 2.45) is 11.8 Å². The molecule has 0 radical (unpaired) electrons. The highest BCUT2D eigenvalue weighted by molar-refractivity contribution is 5.91. The molecule has 0 aromatic carbocycles. The van der Waals surface area contributed by atoms with Gasteiger partial charge in [0.05, 0.1) is 18.1 Å². The second-order valence-corrected chi connectivity index (χ2v) is 10.3. The van der Waals surface area contributed by atoms with Crippen molar-refractivity contribution in [1.82, 2.24) is 10.3 Å². The molecule has 7 nitrogen and oxygen atoms in total. The van der Waals surface area contributed by atoms with E-state index in [2.05, 4.69) is 10.3 Å². The molecule has 2 saturated heterocycles. The Morgan fingerprint density at radius 3 is 2.58 bits per heavy atom. The summed E-state index contributed by atoms with van der Waals surface area (Å²) in [6, 6.07) is 0. The molecule has 1 aromatic heterocycles. The molecule has 3 heterocycles. The third-order valence-electron chi connectivity index (χ3n) is 7.94. The van der Waals surface area contributed by atoms with Crippen molar-refractivity contribution < 1.29 is 23.8 Å². The topological polar surface area (TPSA) is 102 Å². The summed E-state index contributed by atoms with van der Waals surface area (Å²) in [5.41, 5.74) is 0.361. The summed E-state index contributed by atoms with van der Waals surface area (Å²) in [4.78, 5) is 27.8. The van der Waals surface area contributed by atoms with Gasteiger partial charge in [-0.2, -0.15) is 0 Å². The number of carboxylic acid groups (broad SMARTS) is 1. The summed E-state index contributed by atoms with van der Waals surface area (Å²) in [6.07, 6.45) is 18.1. The Labute approximate surface area is 197 Å². The first-order chi connectivity index (χ1) is 16.1. The zero-order chi connectivity index (χ0) is 23.0. The Balaban J connectivity index is 1.21. The van der Waals surface area contributed by atoms with Gasteiger partial charge in [-0.3, -0.25) is 9.59 Å². The Bertz CT molecular complexity index is 772. The molecule has 2 N–H and O–H groups in total. The fraction of sp³-hybridized carbons (Fsp3) is 0.808. The first-order valence-corrected chi connectivity index (χ1v) is 13.2. The molecule has 7 heteroatoms. The first-order valence-electron chi connectivity index (χ1n) is 13.2. The number of aliphatic carboxylic acids is 1. The third kappa shape index (κ3) is 6.58. The van der Waals surface area contributed by atoms with E-state index < -0.39 is 5.97 Å². The van der Waals surface area contributed by atoms with Crippen molar-refractivity contribution in [3.05, 3.63) is 17.8 Å². The van der Waals surface area contributed by atoms with E-state index in [0.29, 0.717) is 30.5 Å². The predicted octanol–water partition coefficient (Wildman–Crippen LogP) is 5.45. The van der Waals surface area contributed by atoms with Gasteiger partial charge in [0.25, 0.3) is 5.91 Å². The van der Waals surface area contributed by atoms with Crippen LogP contribution in [0.1, 0.15) is 119 Å². The van der Waals surface area contributed by atoms with Crippen LogP contribution in [0.25, 0.3) is 0 Å². The average molecular weight is 461 g/mol. The highest BCUT2D eigenvalue weighted by Crippen LogP contribution is 2.50. The van der Waals surface area contributed by atoms with Gasteiger partial charge in [0.1, 0.15) is 6.26 Å². The number of aromatic nitrogens is 1. The zero-order valence-corrected chi connectivity index (χ0v) is 19.8. The molecule has 3 fully saturated rings. The molecule has 4 atom stereocenters. The van der Waals surface area contributed by atoms with E-state index in [1.165, 1.54) is 51.2 Å². The lowest BCUT2D eigenvalue weighted by atomic mass is 9.76. The number of fused-ring (bicyclic) bond motifs is 2. The number of carbonyl (C=O) groups is 2. The maximum atomic E-state index is 12.6. The fourth-order valence-electron chi connectivity index (χ4n) is 6.19. The third-order valence-corrected chi connectivity index (χ3v) is 7.94. The van der Waals surface area contributed by atoms with Crippen molar-refractivity contribution in [3.8, 4) is 0 Å². The lowest BCUT2D eigenvalue weighted by Crippen LogP contribution is -2.27. The highest BCUT2D eigenvalue weighted by atomic mass is 16.5. The predicted molar refractivity (Wildman–Crippen MR) is 124 cm³/mol. The van der Waals surface area contributed by atoms with E-state index >= 15 is 0 Å². The van der Waals surface area contributed by atoms with Gasteiger partial charge >= 0.3 is 5.97 Å². The van der Waals surface area contributed by atoms with Crippen LogP contribution in [0.3, 0.4) is 0 Å². The van der Waals surface area contributed by atoms with Crippen LogP contribution in [-0.4, -0.2) is 40.7 Å². The number of rotatable bonds is 13. The molecule has 4 rings (SSSR count). The number of carbonyl (C=O) groups excluding carboxylic acids is 1. The molecule has 1 saturated carbocycles. The van der Waals surface area contributed by atoms with E-state index in [0.717, 1.165) is 44.4 Å². The van der Waals surface area contributed by atoms with Gasteiger partial charge in [0.15, 0.2) is 5.69 Å². The SMILES string of the molecule is O=C(O)CCCCC[C@@H]1[C@H](c2nc(C(=O)NCCCCC3CCCCC3)co2)[C@H]2CC[C@@H]1O2. The molecule has 184 valence electrons. The first kappa shape index (κ1) is 24.2. The molecule has 2 aliphatic heterocycles. The van der Waals surface area contributed by atoms with E-state index in [9.17, 15) is 9.59 Å². The molecule has 33 heavy (non-hydrogen) atoms. The Hall–Kier alpha value is -1.89. The minimum atomic E-state index is -0.731. The molecule has 0 unspecified atom stereocenters. The van der Waals surface area contributed by atoms with Crippen LogP contribution >= 0.6 is 0 Å². The number of carboxylic acids is 1. The van der Waals surface area contributed by atoms with Crippen LogP contribution in [0.15, 0.2) is 10.7 Å². The molecule has 3 aliphatic rings. The van der Waals surface area contributed by atoms with Gasteiger partial charge in [-0.05, 0) is 43.9 Å². The molecule has 1 aliphatic carbocycles. The Kier molecular flexibility index (Phi) is 8.82. The van der Waals surface area contributed by atoms with Gasteiger partial charge in [0, 0.05) is 13.0 Å². The molecule has 2 bridgehead atoms. The summed E-state index contributed by atoms with van der Waals surface area (Å²) < 4.78 is 12.0. The van der Waals surface area contributed by atoms with E-state index in [1.807, 2.05) is 0 Å². The van der Waals surface area contributed by atoms with Crippen LogP contribution in [0.5, 0.6) is 0 Å². The number of hydrogen-bond acceptors (Lipinski definition) is 5. The van der Waals surface area contributed by atoms with E-state index in [4.69, 9.17) is 14.3 Å². The number of hydrogen-bond donors (Lipinski definition) is 2. The van der Waals surface area contributed by atoms with Crippen LogP contribution in [-0.2, 0) is 9.53 Å². The van der Waals surface area contributed by atoms with Crippen LogP contribution in [0, 0.1) is 11.8 Å². The Morgan fingerprint density at radius 2 is 1.76 bits per heavy atom. The minimum absolute atomic E-state index is 0.0975. The summed E-state index contributed by atoms with van der Waals surface area (Å²) in [6.45, 7) is 0.684. The zero-order valence-electron chi connectivity index (χ0n) is 19.8. The monoisotopic (exact) mass is 460 g/mol. The summed E-state index contributed by atoms with van der Waals surface area (Å²) in [7, 11) is 0. The van der Waals surface area contributed by atoms with Gasteiger partial charge in [-0.15, -0.1) is 0 Å². The van der Waals surface area contributed by atoms with Crippen molar-refractivity contribution in [2.75, 3.05) is 6.54 Å². The second-order valence-electron chi connectivity index (χ2n) is 10.3. The average Bonchev–Trinajstić information content (AvgIpc) is 3.55. The van der Waals surface area contributed by atoms with Crippen LogP contribution in [0.2, 0.25) is 0 Å². The van der Waals surface area contributed by atoms with Crippen LogP contribution < -0.4 is 5.32 Å². The van der Waals surface area contributed by atoms with Crippen molar-refractivity contribution >= 4 is 11.9 Å². The summed E-state index contributed by atoms with van der Waals surface area (Å²) in [5.74, 6) is 1.06. The molecule has 0 spiro atoms. The van der Waals surface area contributed by atoms with Crippen LogP contribution in [0.4, 0.5) is 0 Å². The number of ether oxygens (including phenoxy) is 1. The quantitative estimate of drug-likeness (QED) is 0.380. The van der Waals surface area contributed by atoms with Crippen molar-refractivity contribution in [3.63, 3.8) is 0 Å². The Morgan fingerprint density at radius 1 is 0.970 bits per heavy atom. The van der Waals surface area contributed by atoms with E-state index in [1.54, 1.807) is 0 Å². The number of nitrogens with one attached hydrogen (secondary N) is 1. The maximum absolute atomic E-state index is 12.6. The van der Waals surface area contributed by atoms with Gasteiger partial charge < -0.3 is 19.6 Å². The van der Waals surface area contributed by atoms with Crippen molar-refractivity contribution in [1.29, 1.82) is 0 Å².